The normalized spacial score (nSPS) is 17.9. The van der Waals surface area contributed by atoms with E-state index in [4.69, 9.17) is 11.6 Å². The Bertz CT molecular complexity index is 1090. The number of halogens is 1. The minimum atomic E-state index is -3.90. The summed E-state index contributed by atoms with van der Waals surface area (Å²) in [6.45, 7) is 2.02. The molecule has 0 bridgehead atoms. The fourth-order valence-electron chi connectivity index (χ4n) is 3.52. The molecule has 0 unspecified atom stereocenters. The first-order valence-corrected chi connectivity index (χ1v) is 11.5. The molecule has 10 heteroatoms. The van der Waals surface area contributed by atoms with Crippen LogP contribution in [0.25, 0.3) is 0 Å². The van der Waals surface area contributed by atoms with Gasteiger partial charge in [-0.15, -0.1) is 0 Å². The molecule has 0 spiro atoms. The zero-order chi connectivity index (χ0) is 22.8. The molecule has 0 radical (unpaired) electrons. The van der Waals surface area contributed by atoms with Crippen LogP contribution in [0.15, 0.2) is 47.4 Å². The smallest absolute Gasteiger partial charge is 0.326 e. The van der Waals surface area contributed by atoms with Crippen LogP contribution in [0, 0.1) is 6.92 Å². The Kier molecular flexibility index (Phi) is 6.88. The van der Waals surface area contributed by atoms with E-state index in [0.717, 1.165) is 9.87 Å². The van der Waals surface area contributed by atoms with E-state index in [1.165, 1.54) is 30.3 Å². The summed E-state index contributed by atoms with van der Waals surface area (Å²) < 4.78 is 27.2. The number of aryl methyl sites for hydroxylation is 1. The molecule has 3 rings (SSSR count). The molecule has 0 saturated carbocycles. The summed E-state index contributed by atoms with van der Waals surface area (Å²) in [4.78, 5) is 24.7. The number of rotatable bonds is 7. The number of hydrogen-bond acceptors (Lipinski definition) is 5. The second kappa shape index (κ2) is 9.25. The standard InChI is InChI=1S/C21H23ClN2O6S/c1-13-4-7-15(8-5-13)31(29,30)24-10-2-3-18(24)20(26)23-17(21(27)28)12-14-6-9-19(25)16(22)11-14/h4-9,11,17-18,25H,2-3,10,12H2,1H3,(H,23,26)(H,27,28)/t17-,18-/m0/s1. The molecule has 2 atom stereocenters. The number of aromatic hydroxyl groups is 1. The second-order valence-corrected chi connectivity index (χ2v) is 9.77. The van der Waals surface area contributed by atoms with Gasteiger partial charge in [-0.1, -0.05) is 35.4 Å². The summed E-state index contributed by atoms with van der Waals surface area (Å²) in [6.07, 6.45) is 0.724. The Morgan fingerprint density at radius 1 is 1.23 bits per heavy atom. The minimum Gasteiger partial charge on any atom is -0.506 e. The number of nitrogens with one attached hydrogen (secondary N) is 1. The molecule has 0 aliphatic carbocycles. The van der Waals surface area contributed by atoms with Gasteiger partial charge in [-0.2, -0.15) is 4.31 Å². The van der Waals surface area contributed by atoms with Gasteiger partial charge in [-0.3, -0.25) is 4.79 Å². The van der Waals surface area contributed by atoms with Crippen LogP contribution in [0.2, 0.25) is 5.02 Å². The van der Waals surface area contributed by atoms with Gasteiger partial charge >= 0.3 is 5.97 Å². The zero-order valence-electron chi connectivity index (χ0n) is 16.8. The number of carbonyl (C=O) groups excluding carboxylic acids is 1. The van der Waals surface area contributed by atoms with Crippen molar-refractivity contribution in [1.29, 1.82) is 0 Å². The zero-order valence-corrected chi connectivity index (χ0v) is 18.4. The van der Waals surface area contributed by atoms with E-state index in [1.54, 1.807) is 12.1 Å². The maximum Gasteiger partial charge on any atom is 0.326 e. The lowest BCUT2D eigenvalue weighted by Gasteiger charge is -2.25. The number of nitrogens with zero attached hydrogens (tertiary/aromatic N) is 1. The van der Waals surface area contributed by atoms with E-state index in [-0.39, 0.29) is 28.6 Å². The summed E-state index contributed by atoms with van der Waals surface area (Å²) in [6, 6.07) is 8.34. The van der Waals surface area contributed by atoms with E-state index in [9.17, 15) is 28.2 Å². The van der Waals surface area contributed by atoms with Crippen LogP contribution in [0.1, 0.15) is 24.0 Å². The Morgan fingerprint density at radius 3 is 2.52 bits per heavy atom. The molecule has 1 aliphatic heterocycles. The molecule has 1 amide bonds. The molecule has 0 aromatic heterocycles. The van der Waals surface area contributed by atoms with Crippen molar-refractivity contribution >= 4 is 33.5 Å². The van der Waals surface area contributed by atoms with Gasteiger partial charge in [0.15, 0.2) is 0 Å². The highest BCUT2D eigenvalue weighted by atomic mass is 35.5. The van der Waals surface area contributed by atoms with Crippen molar-refractivity contribution in [2.24, 2.45) is 0 Å². The van der Waals surface area contributed by atoms with Gasteiger partial charge < -0.3 is 15.5 Å². The van der Waals surface area contributed by atoms with E-state index < -0.39 is 34.0 Å². The number of hydrogen-bond donors (Lipinski definition) is 3. The van der Waals surface area contributed by atoms with Gasteiger partial charge in [0.25, 0.3) is 0 Å². The molecule has 1 aliphatic rings. The SMILES string of the molecule is Cc1ccc(S(=O)(=O)N2CCC[C@H]2C(=O)N[C@@H](Cc2ccc(O)c(Cl)c2)C(=O)O)cc1. The first kappa shape index (κ1) is 23.1. The fraction of sp³-hybridized carbons (Fsp3) is 0.333. The number of aliphatic carboxylic acids is 1. The van der Waals surface area contributed by atoms with Crippen LogP contribution in [-0.4, -0.2) is 53.4 Å². The van der Waals surface area contributed by atoms with Crippen molar-refractivity contribution in [1.82, 2.24) is 9.62 Å². The topological polar surface area (TPSA) is 124 Å². The Hall–Kier alpha value is -2.62. The fourth-order valence-corrected chi connectivity index (χ4v) is 5.38. The highest BCUT2D eigenvalue weighted by molar-refractivity contribution is 7.89. The lowest BCUT2D eigenvalue weighted by Crippen LogP contribution is -2.51. The van der Waals surface area contributed by atoms with E-state index in [2.05, 4.69) is 5.32 Å². The number of amides is 1. The molecule has 31 heavy (non-hydrogen) atoms. The Labute approximate surface area is 185 Å². The maximum absolute atomic E-state index is 13.0. The summed E-state index contributed by atoms with van der Waals surface area (Å²) in [5, 5.41) is 21.6. The summed E-state index contributed by atoms with van der Waals surface area (Å²) in [5.74, 6) is -2.06. The number of carbonyl (C=O) groups is 2. The number of carboxylic acid groups (broad SMARTS) is 1. The first-order valence-electron chi connectivity index (χ1n) is 9.68. The molecular weight excluding hydrogens is 444 g/mol. The number of carboxylic acids is 1. The molecule has 166 valence electrons. The molecule has 1 saturated heterocycles. The van der Waals surface area contributed by atoms with Gasteiger partial charge in [0, 0.05) is 13.0 Å². The van der Waals surface area contributed by atoms with Gasteiger partial charge in [0.2, 0.25) is 15.9 Å². The van der Waals surface area contributed by atoms with Crippen LogP contribution in [-0.2, 0) is 26.0 Å². The van der Waals surface area contributed by atoms with Crippen LogP contribution in [0.5, 0.6) is 5.75 Å². The van der Waals surface area contributed by atoms with Gasteiger partial charge in [-0.05, 0) is 49.6 Å². The molecule has 3 N–H and O–H groups in total. The van der Waals surface area contributed by atoms with Crippen LogP contribution in [0.4, 0.5) is 0 Å². The Balaban J connectivity index is 1.77. The number of phenolic OH excluding ortho intramolecular Hbond substituents is 1. The number of sulfonamides is 1. The number of phenols is 1. The van der Waals surface area contributed by atoms with E-state index >= 15 is 0 Å². The largest absolute Gasteiger partial charge is 0.506 e. The second-order valence-electron chi connectivity index (χ2n) is 7.48. The van der Waals surface area contributed by atoms with Crippen molar-refractivity contribution < 1.29 is 28.2 Å². The van der Waals surface area contributed by atoms with Crippen molar-refractivity contribution in [2.75, 3.05) is 6.54 Å². The van der Waals surface area contributed by atoms with Gasteiger partial charge in [0.1, 0.15) is 17.8 Å². The van der Waals surface area contributed by atoms with E-state index in [1.807, 2.05) is 6.92 Å². The molecule has 2 aromatic carbocycles. The minimum absolute atomic E-state index is 0.0686. The predicted octanol–water partition coefficient (Wildman–Crippen LogP) is 2.32. The van der Waals surface area contributed by atoms with E-state index in [0.29, 0.717) is 18.4 Å². The van der Waals surface area contributed by atoms with Gasteiger partial charge in [-0.25, -0.2) is 13.2 Å². The highest BCUT2D eigenvalue weighted by Crippen LogP contribution is 2.27. The summed E-state index contributed by atoms with van der Waals surface area (Å²) in [7, 11) is -3.90. The average Bonchev–Trinajstić information content (AvgIpc) is 3.21. The number of benzene rings is 2. The van der Waals surface area contributed by atoms with Gasteiger partial charge in [0.05, 0.1) is 9.92 Å². The Morgan fingerprint density at radius 2 is 1.90 bits per heavy atom. The average molecular weight is 467 g/mol. The molecule has 2 aromatic rings. The van der Waals surface area contributed by atoms with Crippen LogP contribution < -0.4 is 5.32 Å². The molecular formula is C21H23ClN2O6S. The predicted molar refractivity (Wildman–Crippen MR) is 114 cm³/mol. The first-order chi connectivity index (χ1) is 14.6. The van der Waals surface area contributed by atoms with Crippen molar-refractivity contribution in [3.63, 3.8) is 0 Å². The summed E-state index contributed by atoms with van der Waals surface area (Å²) in [5.41, 5.74) is 1.42. The quantitative estimate of drug-likeness (QED) is 0.575. The van der Waals surface area contributed by atoms with Crippen molar-refractivity contribution in [3.05, 3.63) is 58.6 Å². The van der Waals surface area contributed by atoms with Crippen molar-refractivity contribution in [2.45, 2.75) is 43.2 Å². The third kappa shape index (κ3) is 5.17. The molecule has 8 nitrogen and oxygen atoms in total. The monoisotopic (exact) mass is 466 g/mol. The maximum atomic E-state index is 13.0. The lowest BCUT2D eigenvalue weighted by atomic mass is 10.0. The van der Waals surface area contributed by atoms with Crippen molar-refractivity contribution in [3.8, 4) is 5.75 Å². The summed E-state index contributed by atoms with van der Waals surface area (Å²) >= 11 is 5.87. The van der Waals surface area contributed by atoms with Crippen LogP contribution >= 0.6 is 11.6 Å². The molecule has 1 heterocycles. The highest BCUT2D eigenvalue weighted by Gasteiger charge is 2.40. The lowest BCUT2D eigenvalue weighted by molar-refractivity contribution is -0.142. The van der Waals surface area contributed by atoms with Crippen LogP contribution in [0.3, 0.4) is 0 Å². The third-order valence-corrected chi connectivity index (χ3v) is 7.43. The molecule has 1 fully saturated rings. The third-order valence-electron chi connectivity index (χ3n) is 5.20.